The van der Waals surface area contributed by atoms with Crippen LogP contribution in [0, 0.1) is 6.92 Å². The normalized spacial score (nSPS) is 14.2. The minimum atomic E-state index is -4.50. The first-order valence-corrected chi connectivity index (χ1v) is 9.58. The van der Waals surface area contributed by atoms with Crippen LogP contribution < -0.4 is 10.2 Å². The summed E-state index contributed by atoms with van der Waals surface area (Å²) in [6.45, 7) is 3.19. The van der Waals surface area contributed by atoms with Gasteiger partial charge in [0.1, 0.15) is 0 Å². The smallest absolute Gasteiger partial charge is 0.370 e. The number of carbonyl (C=O) groups excluding carboxylic acids is 1. The van der Waals surface area contributed by atoms with Crippen LogP contribution in [-0.4, -0.2) is 33.8 Å². The molecule has 1 aromatic carbocycles. The van der Waals surface area contributed by atoms with E-state index in [1.807, 2.05) is 4.90 Å². The number of nitrogens with one attached hydrogen (secondary N) is 1. The Morgan fingerprint density at radius 2 is 1.90 bits per heavy atom. The molecule has 9 heteroatoms. The molecule has 0 unspecified atom stereocenters. The zero-order chi connectivity index (χ0) is 21.3. The van der Waals surface area contributed by atoms with Gasteiger partial charge in [0, 0.05) is 19.3 Å². The highest BCUT2D eigenvalue weighted by molar-refractivity contribution is 6.06. The van der Waals surface area contributed by atoms with Crippen molar-refractivity contribution >= 4 is 17.3 Å². The molecule has 156 valence electrons. The zero-order valence-electron chi connectivity index (χ0n) is 16.3. The summed E-state index contributed by atoms with van der Waals surface area (Å²) in [4.78, 5) is 19.1. The Balaban J connectivity index is 1.66. The number of alkyl halides is 3. The van der Waals surface area contributed by atoms with E-state index < -0.39 is 17.6 Å². The number of hydrogen-bond acceptors (Lipinski definition) is 4. The average molecular weight is 415 g/mol. The number of aromatic nitrogens is 3. The number of hydrogen-bond donors (Lipinski definition) is 1. The second-order valence-electron chi connectivity index (χ2n) is 7.12. The van der Waals surface area contributed by atoms with Gasteiger partial charge in [-0.3, -0.25) is 4.79 Å². The number of nitrogens with zero attached hydrogens (tertiary/aromatic N) is 4. The molecule has 0 aliphatic carbocycles. The molecule has 1 aliphatic heterocycles. The van der Waals surface area contributed by atoms with Crippen molar-refractivity contribution in [3.63, 3.8) is 0 Å². The molecule has 30 heavy (non-hydrogen) atoms. The fourth-order valence-corrected chi connectivity index (χ4v) is 3.58. The van der Waals surface area contributed by atoms with Gasteiger partial charge in [-0.25, -0.2) is 9.67 Å². The number of amides is 1. The largest absolute Gasteiger partial charge is 0.416 e. The van der Waals surface area contributed by atoms with Crippen LogP contribution in [0.25, 0.3) is 5.82 Å². The van der Waals surface area contributed by atoms with Gasteiger partial charge >= 0.3 is 6.18 Å². The minimum Gasteiger partial charge on any atom is -0.370 e. The van der Waals surface area contributed by atoms with E-state index in [-0.39, 0.29) is 11.3 Å². The zero-order valence-corrected chi connectivity index (χ0v) is 16.3. The number of rotatable bonds is 4. The molecule has 1 saturated heterocycles. The predicted molar refractivity (Wildman–Crippen MR) is 107 cm³/mol. The Kier molecular flexibility index (Phi) is 5.19. The molecule has 1 N–H and O–H groups in total. The van der Waals surface area contributed by atoms with Crippen molar-refractivity contribution in [1.82, 2.24) is 14.8 Å². The van der Waals surface area contributed by atoms with E-state index >= 15 is 0 Å². The second-order valence-corrected chi connectivity index (χ2v) is 7.12. The molecule has 0 radical (unpaired) electrons. The van der Waals surface area contributed by atoms with Crippen LogP contribution in [0.1, 0.15) is 34.5 Å². The van der Waals surface area contributed by atoms with Crippen molar-refractivity contribution < 1.29 is 18.0 Å². The Morgan fingerprint density at radius 1 is 1.13 bits per heavy atom. The van der Waals surface area contributed by atoms with Crippen molar-refractivity contribution in [3.8, 4) is 5.82 Å². The predicted octanol–water partition coefficient (Wildman–Crippen LogP) is 4.45. The van der Waals surface area contributed by atoms with Crippen molar-refractivity contribution in [3.05, 3.63) is 65.6 Å². The molecule has 0 saturated carbocycles. The van der Waals surface area contributed by atoms with E-state index in [0.29, 0.717) is 17.2 Å². The van der Waals surface area contributed by atoms with E-state index in [0.717, 1.165) is 38.1 Å². The van der Waals surface area contributed by atoms with Crippen LogP contribution in [0.5, 0.6) is 0 Å². The van der Waals surface area contributed by atoms with Crippen LogP contribution >= 0.6 is 0 Å². The molecular formula is C21H20F3N5O. The van der Waals surface area contributed by atoms with Crippen LogP contribution in [0.4, 0.5) is 24.5 Å². The Labute approximate surface area is 171 Å². The van der Waals surface area contributed by atoms with Crippen molar-refractivity contribution in [2.24, 2.45) is 0 Å². The van der Waals surface area contributed by atoms with Gasteiger partial charge in [-0.2, -0.15) is 18.3 Å². The fraction of sp³-hybridized carbons (Fsp3) is 0.286. The third-order valence-electron chi connectivity index (χ3n) is 5.14. The molecule has 4 rings (SSSR count). The third-order valence-corrected chi connectivity index (χ3v) is 5.14. The lowest BCUT2D eigenvalue weighted by Gasteiger charge is -2.23. The molecule has 3 heterocycles. The molecular weight excluding hydrogens is 395 g/mol. The Morgan fingerprint density at radius 3 is 2.57 bits per heavy atom. The third kappa shape index (κ3) is 3.87. The average Bonchev–Trinajstić information content (AvgIpc) is 3.38. The number of benzene rings is 1. The van der Waals surface area contributed by atoms with E-state index in [2.05, 4.69) is 15.4 Å². The van der Waals surface area contributed by atoms with Crippen LogP contribution in [0.2, 0.25) is 0 Å². The molecule has 0 atom stereocenters. The molecule has 3 aromatic rings. The molecule has 2 aromatic heterocycles. The summed E-state index contributed by atoms with van der Waals surface area (Å²) < 4.78 is 41.3. The summed E-state index contributed by atoms with van der Waals surface area (Å²) in [5, 5.41) is 6.88. The van der Waals surface area contributed by atoms with Gasteiger partial charge in [-0.1, -0.05) is 6.07 Å². The maximum atomic E-state index is 13.2. The lowest BCUT2D eigenvalue weighted by atomic mass is 10.1. The molecule has 1 amide bonds. The molecule has 6 nitrogen and oxygen atoms in total. The fourth-order valence-electron chi connectivity index (χ4n) is 3.58. The van der Waals surface area contributed by atoms with Gasteiger partial charge < -0.3 is 10.2 Å². The van der Waals surface area contributed by atoms with Gasteiger partial charge in [-0.15, -0.1) is 0 Å². The summed E-state index contributed by atoms with van der Waals surface area (Å²) in [6.07, 6.45) is 0.432. The molecule has 0 spiro atoms. The van der Waals surface area contributed by atoms with E-state index in [9.17, 15) is 18.0 Å². The minimum absolute atomic E-state index is 0.140. The molecule has 1 fully saturated rings. The summed E-state index contributed by atoms with van der Waals surface area (Å²) in [5.74, 6) is 0.0281. The SMILES string of the molecule is Cc1c(C(=O)Nc2cc(C(F)(F)F)ccc2N2CCCC2)cnn1-c1ccccn1. The summed E-state index contributed by atoms with van der Waals surface area (Å²) >= 11 is 0. The highest BCUT2D eigenvalue weighted by Crippen LogP contribution is 2.36. The maximum absolute atomic E-state index is 13.2. The first-order valence-electron chi connectivity index (χ1n) is 9.58. The topological polar surface area (TPSA) is 63.1 Å². The Bertz CT molecular complexity index is 1060. The molecule has 0 bridgehead atoms. The second kappa shape index (κ2) is 7.81. The lowest BCUT2D eigenvalue weighted by molar-refractivity contribution is -0.137. The Hall–Kier alpha value is -3.36. The number of halogens is 3. The van der Waals surface area contributed by atoms with Crippen LogP contribution in [0.3, 0.4) is 0 Å². The lowest BCUT2D eigenvalue weighted by Crippen LogP contribution is -2.22. The van der Waals surface area contributed by atoms with Crippen LogP contribution in [0.15, 0.2) is 48.8 Å². The first kappa shape index (κ1) is 19.9. The standard InChI is InChI=1S/C21H20F3N5O/c1-14-16(13-26-29(14)19-6-2-3-9-25-19)20(30)27-17-12-15(21(22,23)24)7-8-18(17)28-10-4-5-11-28/h2-3,6-9,12-13H,4-5,10-11H2,1H3,(H,27,30). The van der Waals surface area contributed by atoms with E-state index in [1.165, 1.54) is 16.9 Å². The summed E-state index contributed by atoms with van der Waals surface area (Å²) in [5.41, 5.74) is 0.735. The van der Waals surface area contributed by atoms with E-state index in [1.54, 1.807) is 31.3 Å². The van der Waals surface area contributed by atoms with E-state index in [4.69, 9.17) is 0 Å². The highest BCUT2D eigenvalue weighted by atomic mass is 19.4. The van der Waals surface area contributed by atoms with Gasteiger partial charge in [0.05, 0.1) is 34.4 Å². The first-order chi connectivity index (χ1) is 14.3. The van der Waals surface area contributed by atoms with Crippen molar-refractivity contribution in [2.75, 3.05) is 23.3 Å². The monoisotopic (exact) mass is 415 g/mol. The number of pyridine rings is 1. The van der Waals surface area contributed by atoms with Crippen molar-refractivity contribution in [1.29, 1.82) is 0 Å². The van der Waals surface area contributed by atoms with Crippen molar-refractivity contribution in [2.45, 2.75) is 25.9 Å². The van der Waals surface area contributed by atoms with Gasteiger partial charge in [0.25, 0.3) is 5.91 Å². The highest BCUT2D eigenvalue weighted by Gasteiger charge is 2.32. The molecule has 1 aliphatic rings. The summed E-state index contributed by atoms with van der Waals surface area (Å²) in [7, 11) is 0. The van der Waals surface area contributed by atoms with Gasteiger partial charge in [0.2, 0.25) is 0 Å². The number of anilines is 2. The summed E-state index contributed by atoms with van der Waals surface area (Å²) in [6, 6.07) is 8.78. The van der Waals surface area contributed by atoms with Crippen LogP contribution in [-0.2, 0) is 6.18 Å². The quantitative estimate of drug-likeness (QED) is 0.684. The maximum Gasteiger partial charge on any atom is 0.416 e. The van der Waals surface area contributed by atoms with Gasteiger partial charge in [-0.05, 0) is 50.1 Å². The number of carbonyl (C=O) groups is 1. The van der Waals surface area contributed by atoms with Gasteiger partial charge in [0.15, 0.2) is 5.82 Å².